The number of nitrogens with one attached hydrogen (secondary N) is 1. The molecule has 0 radical (unpaired) electrons. The van der Waals surface area contributed by atoms with E-state index in [-0.39, 0.29) is 29.6 Å². The minimum atomic E-state index is -1.35. The molecule has 0 aliphatic heterocycles. The Kier molecular flexibility index (Phi) is 5.25. The van der Waals surface area contributed by atoms with Crippen LogP contribution >= 0.6 is 0 Å². The molecule has 0 amide bonds. The number of allylic oxidation sites excluding steroid dienone is 2. The van der Waals surface area contributed by atoms with Gasteiger partial charge in [-0.1, -0.05) is 26.3 Å². The molecule has 0 aromatic heterocycles. The predicted octanol–water partition coefficient (Wildman–Crippen LogP) is 3.19. The van der Waals surface area contributed by atoms with E-state index in [9.17, 15) is 19.8 Å². The van der Waals surface area contributed by atoms with E-state index >= 15 is 0 Å². The Morgan fingerprint density at radius 3 is 2.63 bits per heavy atom. The lowest BCUT2D eigenvalue weighted by molar-refractivity contribution is -0.201. The highest BCUT2D eigenvalue weighted by molar-refractivity contribution is 5.94. The van der Waals surface area contributed by atoms with Crippen LogP contribution in [0.25, 0.3) is 0 Å². The van der Waals surface area contributed by atoms with Gasteiger partial charge in [0.25, 0.3) is 0 Å². The Hall–Kier alpha value is -1.53. The van der Waals surface area contributed by atoms with Gasteiger partial charge in [0, 0.05) is 17.5 Å². The van der Waals surface area contributed by atoms with Crippen molar-refractivity contribution in [1.82, 2.24) is 0 Å². The first-order valence-corrected chi connectivity index (χ1v) is 11.5. The number of esters is 1. The SMILES string of the molecule is CCC(=O)O[C@]1(C(=O)CO)CC[C@H]2[C@@H]3CCC4=CC(=N)CC[C@]4(C)[C@H]3[C@@H](O)C[C@@]21C. The number of hydrogen-bond acceptors (Lipinski definition) is 6. The normalized spacial score (nSPS) is 45.1. The third kappa shape index (κ3) is 2.79. The van der Waals surface area contributed by atoms with Gasteiger partial charge in [0.15, 0.2) is 5.60 Å². The quantitative estimate of drug-likeness (QED) is 0.609. The number of hydrogen-bond donors (Lipinski definition) is 3. The van der Waals surface area contributed by atoms with Crippen molar-refractivity contribution in [3.63, 3.8) is 0 Å². The standard InChI is InChI=1S/C24H35NO5/c1-4-20(29)30-24(19(28)13-26)10-8-17-16-6-5-14-11-15(25)7-9-22(14,2)21(16)18(27)12-23(17,24)3/h11,16-18,21,25-27H,4-10,12-13H2,1-3H3/t16-,17-,18-,21+,22-,23-,24-/m0/s1. The fourth-order valence-corrected chi connectivity index (χ4v) is 7.78. The number of carbonyl (C=O) groups excluding carboxylic acids is 2. The number of Topliss-reactive ketones (excluding diaryl/α,β-unsaturated/α-hetero) is 1. The molecule has 30 heavy (non-hydrogen) atoms. The van der Waals surface area contributed by atoms with Crippen molar-refractivity contribution in [3.05, 3.63) is 11.6 Å². The largest absolute Gasteiger partial charge is 0.450 e. The van der Waals surface area contributed by atoms with Crippen molar-refractivity contribution >= 4 is 17.5 Å². The zero-order valence-electron chi connectivity index (χ0n) is 18.4. The number of ketones is 1. The van der Waals surface area contributed by atoms with Crippen molar-refractivity contribution in [2.24, 2.45) is 28.6 Å². The van der Waals surface area contributed by atoms with Crippen molar-refractivity contribution in [2.75, 3.05) is 6.61 Å². The van der Waals surface area contributed by atoms with Crippen LogP contribution in [-0.4, -0.2) is 46.0 Å². The Bertz CT molecular complexity index is 805. The van der Waals surface area contributed by atoms with Crippen molar-refractivity contribution < 1.29 is 24.5 Å². The molecular weight excluding hydrogens is 382 g/mol. The summed E-state index contributed by atoms with van der Waals surface area (Å²) >= 11 is 0. The van der Waals surface area contributed by atoms with Gasteiger partial charge < -0.3 is 20.4 Å². The number of fused-ring (bicyclic) bond motifs is 5. The molecule has 0 unspecified atom stereocenters. The molecule has 0 heterocycles. The van der Waals surface area contributed by atoms with Crippen LogP contribution in [0, 0.1) is 34.0 Å². The molecular formula is C24H35NO5. The second kappa shape index (κ2) is 7.27. The van der Waals surface area contributed by atoms with Crippen molar-refractivity contribution in [2.45, 2.75) is 83.8 Å². The summed E-state index contributed by atoms with van der Waals surface area (Å²) in [4.78, 5) is 25.3. The molecule has 166 valence electrons. The summed E-state index contributed by atoms with van der Waals surface area (Å²) in [6, 6.07) is 0. The van der Waals surface area contributed by atoms with Crippen LogP contribution in [0.2, 0.25) is 0 Å². The molecule has 0 spiro atoms. The third-order valence-electron chi connectivity index (χ3n) is 9.22. The number of rotatable bonds is 4. The van der Waals surface area contributed by atoms with Gasteiger partial charge in [-0.05, 0) is 74.2 Å². The Morgan fingerprint density at radius 2 is 1.97 bits per heavy atom. The minimum Gasteiger partial charge on any atom is -0.450 e. The molecule has 0 bridgehead atoms. The molecule has 7 atom stereocenters. The molecule has 0 aromatic rings. The molecule has 6 heteroatoms. The number of carbonyl (C=O) groups is 2. The van der Waals surface area contributed by atoms with Gasteiger partial charge in [-0.25, -0.2) is 0 Å². The molecule has 3 saturated carbocycles. The molecule has 4 rings (SSSR count). The zero-order valence-corrected chi connectivity index (χ0v) is 18.4. The van der Waals surface area contributed by atoms with E-state index in [4.69, 9.17) is 10.1 Å². The molecule has 6 nitrogen and oxygen atoms in total. The van der Waals surface area contributed by atoms with E-state index in [2.05, 4.69) is 6.92 Å². The number of ether oxygens (including phenoxy) is 1. The van der Waals surface area contributed by atoms with Crippen molar-refractivity contribution in [3.8, 4) is 0 Å². The van der Waals surface area contributed by atoms with Crippen LogP contribution in [-0.2, 0) is 14.3 Å². The summed E-state index contributed by atoms with van der Waals surface area (Å²) in [6.07, 6.45) is 6.60. The third-order valence-corrected chi connectivity index (χ3v) is 9.22. The first-order valence-electron chi connectivity index (χ1n) is 11.5. The predicted molar refractivity (Wildman–Crippen MR) is 112 cm³/mol. The van der Waals surface area contributed by atoms with Crippen LogP contribution < -0.4 is 0 Å². The maximum atomic E-state index is 13.0. The highest BCUT2D eigenvalue weighted by Gasteiger charge is 2.70. The monoisotopic (exact) mass is 417 g/mol. The van der Waals surface area contributed by atoms with E-state index in [0.717, 1.165) is 32.1 Å². The highest BCUT2D eigenvalue weighted by atomic mass is 16.6. The topological polar surface area (TPSA) is 108 Å². The van der Waals surface area contributed by atoms with Crippen LogP contribution in [0.3, 0.4) is 0 Å². The van der Waals surface area contributed by atoms with Gasteiger partial charge in [-0.15, -0.1) is 0 Å². The first kappa shape index (κ1) is 21.7. The summed E-state index contributed by atoms with van der Waals surface area (Å²) in [5.41, 5.74) is -0.193. The summed E-state index contributed by atoms with van der Waals surface area (Å²) in [5.74, 6) is -0.381. The van der Waals surface area contributed by atoms with Crippen LogP contribution in [0.5, 0.6) is 0 Å². The summed E-state index contributed by atoms with van der Waals surface area (Å²) < 4.78 is 5.85. The number of aliphatic hydroxyl groups is 2. The van der Waals surface area contributed by atoms with E-state index in [1.54, 1.807) is 6.92 Å². The van der Waals surface area contributed by atoms with E-state index < -0.39 is 35.5 Å². The second-order valence-electron chi connectivity index (χ2n) is 10.4. The van der Waals surface area contributed by atoms with Gasteiger partial charge in [-0.3, -0.25) is 9.59 Å². The molecule has 4 aliphatic rings. The maximum Gasteiger partial charge on any atom is 0.306 e. The van der Waals surface area contributed by atoms with Crippen molar-refractivity contribution in [1.29, 1.82) is 5.41 Å². The Labute approximate surface area is 178 Å². The summed E-state index contributed by atoms with van der Waals surface area (Å²) in [6.45, 7) is 5.28. The van der Waals surface area contributed by atoms with Gasteiger partial charge in [0.2, 0.25) is 5.78 Å². The Morgan fingerprint density at radius 1 is 1.23 bits per heavy atom. The minimum absolute atomic E-state index is 0.0885. The highest BCUT2D eigenvalue weighted by Crippen LogP contribution is 2.68. The Balaban J connectivity index is 1.75. The molecule has 3 fully saturated rings. The fraction of sp³-hybridized carbons (Fsp3) is 0.792. The smallest absolute Gasteiger partial charge is 0.306 e. The lowest BCUT2D eigenvalue weighted by atomic mass is 9.45. The van der Waals surface area contributed by atoms with Gasteiger partial charge in [0.1, 0.15) is 6.61 Å². The molecule has 4 aliphatic carbocycles. The molecule has 3 N–H and O–H groups in total. The van der Waals surface area contributed by atoms with Crippen LogP contribution in [0.4, 0.5) is 0 Å². The molecule has 0 aromatic carbocycles. The lowest BCUT2D eigenvalue weighted by Crippen LogP contribution is -2.63. The summed E-state index contributed by atoms with van der Waals surface area (Å²) in [5, 5.41) is 29.3. The molecule has 0 saturated heterocycles. The fourth-order valence-electron chi connectivity index (χ4n) is 7.78. The van der Waals surface area contributed by atoms with Crippen LogP contribution in [0.15, 0.2) is 11.6 Å². The lowest BCUT2D eigenvalue weighted by Gasteiger charge is -2.60. The van der Waals surface area contributed by atoms with E-state index in [0.29, 0.717) is 18.6 Å². The summed E-state index contributed by atoms with van der Waals surface area (Å²) in [7, 11) is 0. The number of aliphatic hydroxyl groups excluding tert-OH is 2. The zero-order chi connectivity index (χ0) is 21.9. The van der Waals surface area contributed by atoms with Gasteiger partial charge in [-0.2, -0.15) is 0 Å². The van der Waals surface area contributed by atoms with E-state index in [1.165, 1.54) is 5.57 Å². The second-order valence-corrected chi connectivity index (χ2v) is 10.4. The maximum absolute atomic E-state index is 13.0. The average molecular weight is 418 g/mol. The van der Waals surface area contributed by atoms with Gasteiger partial charge >= 0.3 is 5.97 Å². The van der Waals surface area contributed by atoms with E-state index in [1.807, 2.05) is 13.0 Å². The average Bonchev–Trinajstić information content (AvgIpc) is 3.00. The first-order chi connectivity index (χ1) is 14.1. The van der Waals surface area contributed by atoms with Crippen LogP contribution in [0.1, 0.15) is 72.1 Å². The van der Waals surface area contributed by atoms with Gasteiger partial charge in [0.05, 0.1) is 6.10 Å².